The fourth-order valence-corrected chi connectivity index (χ4v) is 2.01. The molecule has 0 aromatic carbocycles. The predicted octanol–water partition coefficient (Wildman–Crippen LogP) is 1.14. The van der Waals surface area contributed by atoms with Gasteiger partial charge in [0, 0.05) is 5.92 Å². The van der Waals surface area contributed by atoms with Gasteiger partial charge >= 0.3 is 0 Å². The molecule has 2 atom stereocenters. The van der Waals surface area contributed by atoms with Crippen molar-refractivity contribution >= 4 is 6.29 Å². The molecule has 0 aromatic rings. The minimum atomic E-state index is 0.297. The second-order valence-corrected chi connectivity index (χ2v) is 3.33. The van der Waals surface area contributed by atoms with E-state index in [1.54, 1.807) is 0 Å². The summed E-state index contributed by atoms with van der Waals surface area (Å²) >= 11 is 0. The van der Waals surface area contributed by atoms with E-state index in [4.69, 9.17) is 4.74 Å². The van der Waals surface area contributed by atoms with Crippen molar-refractivity contribution in [3.63, 3.8) is 0 Å². The number of rotatable bonds is 1. The van der Waals surface area contributed by atoms with Crippen LogP contribution in [0, 0.1) is 5.92 Å². The zero-order valence-corrected chi connectivity index (χ0v) is 5.95. The van der Waals surface area contributed by atoms with E-state index >= 15 is 0 Å². The Morgan fingerprint density at radius 1 is 1.20 bits per heavy atom. The number of ether oxygens (including phenoxy) is 1. The molecular formula is C8H12O2. The predicted molar refractivity (Wildman–Crippen MR) is 36.7 cm³/mol. The maximum Gasteiger partial charge on any atom is 0.123 e. The van der Waals surface area contributed by atoms with Gasteiger partial charge in [0.1, 0.15) is 6.29 Å². The second kappa shape index (κ2) is 2.35. The number of hydrogen-bond donors (Lipinski definition) is 0. The fraction of sp³-hybridized carbons (Fsp3) is 0.875. The van der Waals surface area contributed by atoms with E-state index in [1.165, 1.54) is 12.8 Å². The molecule has 2 bridgehead atoms. The van der Waals surface area contributed by atoms with Crippen molar-refractivity contribution in [1.29, 1.82) is 0 Å². The van der Waals surface area contributed by atoms with E-state index in [0.29, 0.717) is 18.1 Å². The average molecular weight is 140 g/mol. The summed E-state index contributed by atoms with van der Waals surface area (Å²) < 4.78 is 5.57. The third-order valence-electron chi connectivity index (χ3n) is 2.52. The first-order valence-electron chi connectivity index (χ1n) is 3.99. The van der Waals surface area contributed by atoms with Crippen LogP contribution in [0.2, 0.25) is 0 Å². The number of hydrogen-bond acceptors (Lipinski definition) is 2. The highest BCUT2D eigenvalue weighted by Gasteiger charge is 2.34. The Kier molecular flexibility index (Phi) is 1.49. The standard InChI is InChI=1S/C8H12O2/c9-5-6-3-7-1-2-8(4-6)10-7/h5-8H,1-4H2. The van der Waals surface area contributed by atoms with Gasteiger partial charge < -0.3 is 9.53 Å². The molecule has 2 heteroatoms. The normalized spacial score (nSPS) is 45.4. The Balaban J connectivity index is 2.02. The smallest absolute Gasteiger partial charge is 0.123 e. The van der Waals surface area contributed by atoms with Gasteiger partial charge in [0.2, 0.25) is 0 Å². The molecule has 0 N–H and O–H groups in total. The summed E-state index contributed by atoms with van der Waals surface area (Å²) in [5, 5.41) is 0. The molecule has 0 spiro atoms. The van der Waals surface area contributed by atoms with Crippen LogP contribution in [0.25, 0.3) is 0 Å². The summed E-state index contributed by atoms with van der Waals surface area (Å²) in [6.07, 6.45) is 6.21. The highest BCUT2D eigenvalue weighted by Crippen LogP contribution is 2.34. The van der Waals surface area contributed by atoms with Gasteiger partial charge in [-0.3, -0.25) is 0 Å². The summed E-state index contributed by atoms with van der Waals surface area (Å²) in [6.45, 7) is 0. The van der Waals surface area contributed by atoms with Crippen LogP contribution in [0.1, 0.15) is 25.7 Å². The number of carbonyl (C=O) groups excluding carboxylic acids is 1. The zero-order valence-electron chi connectivity index (χ0n) is 5.95. The van der Waals surface area contributed by atoms with E-state index in [2.05, 4.69) is 0 Å². The Morgan fingerprint density at radius 3 is 2.30 bits per heavy atom. The highest BCUT2D eigenvalue weighted by molar-refractivity contribution is 5.53. The van der Waals surface area contributed by atoms with E-state index in [9.17, 15) is 4.79 Å². The van der Waals surface area contributed by atoms with Crippen LogP contribution in [0.3, 0.4) is 0 Å². The quantitative estimate of drug-likeness (QED) is 0.510. The van der Waals surface area contributed by atoms with Gasteiger partial charge in [-0.25, -0.2) is 0 Å². The van der Waals surface area contributed by atoms with Gasteiger partial charge in [-0.1, -0.05) is 0 Å². The molecular weight excluding hydrogens is 128 g/mol. The number of carbonyl (C=O) groups is 1. The summed E-state index contributed by atoms with van der Waals surface area (Å²) in [6, 6.07) is 0. The average Bonchev–Trinajstić information content (AvgIpc) is 2.30. The first-order chi connectivity index (χ1) is 4.88. The van der Waals surface area contributed by atoms with Crippen LogP contribution in [-0.4, -0.2) is 18.5 Å². The number of aldehydes is 1. The molecule has 2 rings (SSSR count). The molecule has 0 radical (unpaired) electrons. The van der Waals surface area contributed by atoms with Gasteiger partial charge in [0.05, 0.1) is 12.2 Å². The molecule has 10 heavy (non-hydrogen) atoms. The third-order valence-corrected chi connectivity index (χ3v) is 2.52. The second-order valence-electron chi connectivity index (χ2n) is 3.33. The van der Waals surface area contributed by atoms with E-state index in [1.807, 2.05) is 0 Å². The minimum absolute atomic E-state index is 0.297. The van der Waals surface area contributed by atoms with Crippen LogP contribution in [0.15, 0.2) is 0 Å². The fourth-order valence-electron chi connectivity index (χ4n) is 2.01. The highest BCUT2D eigenvalue weighted by atomic mass is 16.5. The van der Waals surface area contributed by atoms with Crippen molar-refractivity contribution in [2.75, 3.05) is 0 Å². The monoisotopic (exact) mass is 140 g/mol. The molecule has 56 valence electrons. The van der Waals surface area contributed by atoms with Crippen molar-refractivity contribution < 1.29 is 9.53 Å². The maximum atomic E-state index is 10.4. The molecule has 2 aliphatic heterocycles. The van der Waals surface area contributed by atoms with Crippen molar-refractivity contribution in [1.82, 2.24) is 0 Å². The minimum Gasteiger partial charge on any atom is -0.375 e. The zero-order chi connectivity index (χ0) is 6.97. The van der Waals surface area contributed by atoms with Gasteiger partial charge in [-0.15, -0.1) is 0 Å². The molecule has 2 saturated heterocycles. The molecule has 0 amide bonds. The lowest BCUT2D eigenvalue weighted by Crippen LogP contribution is -2.25. The van der Waals surface area contributed by atoms with Crippen LogP contribution in [0.4, 0.5) is 0 Å². The van der Waals surface area contributed by atoms with Gasteiger partial charge in [-0.2, -0.15) is 0 Å². The van der Waals surface area contributed by atoms with Crippen LogP contribution >= 0.6 is 0 Å². The molecule has 2 unspecified atom stereocenters. The van der Waals surface area contributed by atoms with Crippen molar-refractivity contribution in [3.8, 4) is 0 Å². The Bertz CT molecular complexity index is 132. The van der Waals surface area contributed by atoms with Gasteiger partial charge in [0.15, 0.2) is 0 Å². The SMILES string of the molecule is O=CC1CC2CCC(C1)O2. The largest absolute Gasteiger partial charge is 0.375 e. The van der Waals surface area contributed by atoms with Crippen LogP contribution in [-0.2, 0) is 9.53 Å². The third kappa shape index (κ3) is 0.966. The lowest BCUT2D eigenvalue weighted by Gasteiger charge is -2.24. The van der Waals surface area contributed by atoms with E-state index in [0.717, 1.165) is 19.1 Å². The van der Waals surface area contributed by atoms with Gasteiger partial charge in [-0.05, 0) is 25.7 Å². The molecule has 2 fully saturated rings. The molecule has 2 nitrogen and oxygen atoms in total. The first-order valence-corrected chi connectivity index (χ1v) is 3.99. The summed E-state index contributed by atoms with van der Waals surface area (Å²) in [4.78, 5) is 10.4. The lowest BCUT2D eigenvalue weighted by atomic mass is 9.97. The van der Waals surface area contributed by atoms with Crippen molar-refractivity contribution in [3.05, 3.63) is 0 Å². The van der Waals surface area contributed by atoms with Crippen molar-refractivity contribution in [2.45, 2.75) is 37.9 Å². The van der Waals surface area contributed by atoms with Gasteiger partial charge in [0.25, 0.3) is 0 Å². The lowest BCUT2D eigenvalue weighted by molar-refractivity contribution is -0.116. The summed E-state index contributed by atoms with van der Waals surface area (Å²) in [7, 11) is 0. The van der Waals surface area contributed by atoms with Crippen LogP contribution < -0.4 is 0 Å². The molecule has 0 aromatic heterocycles. The number of fused-ring (bicyclic) bond motifs is 2. The summed E-state index contributed by atoms with van der Waals surface area (Å²) in [5.41, 5.74) is 0. The molecule has 0 saturated carbocycles. The molecule has 2 aliphatic rings. The first kappa shape index (κ1) is 6.35. The Hall–Kier alpha value is -0.370. The Morgan fingerprint density at radius 2 is 1.80 bits per heavy atom. The Labute approximate surface area is 60.6 Å². The summed E-state index contributed by atoms with van der Waals surface area (Å²) in [5.74, 6) is 0.297. The van der Waals surface area contributed by atoms with E-state index < -0.39 is 0 Å². The maximum absolute atomic E-state index is 10.4. The molecule has 0 aliphatic carbocycles. The topological polar surface area (TPSA) is 26.3 Å². The molecule has 2 heterocycles. The van der Waals surface area contributed by atoms with Crippen molar-refractivity contribution in [2.24, 2.45) is 5.92 Å². The van der Waals surface area contributed by atoms with Crippen LogP contribution in [0.5, 0.6) is 0 Å². The van der Waals surface area contributed by atoms with E-state index in [-0.39, 0.29) is 0 Å².